The molecule has 0 aromatic heterocycles. The average molecular weight is 432 g/mol. The lowest BCUT2D eigenvalue weighted by Gasteiger charge is -2.24. The summed E-state index contributed by atoms with van der Waals surface area (Å²) in [4.78, 5) is 32.2. The first-order chi connectivity index (χ1) is 14.9. The monoisotopic (exact) mass is 431 g/mol. The standard InChI is InChI=1S/C25H22ClN3O2/c1-16-12-13-21(20(26)14-16)28-23(30)15-29-22-11-7-6-10-19(22)24(27-17(2)25(29)31)18-8-4-3-5-9-18/h3-14,17H,15H2,1-2H3,(H,28,30). The van der Waals surface area contributed by atoms with Crippen molar-refractivity contribution in [2.75, 3.05) is 16.8 Å². The van der Waals surface area contributed by atoms with Crippen LogP contribution in [0.4, 0.5) is 11.4 Å². The number of halogens is 1. The number of nitrogens with zero attached hydrogens (tertiary/aromatic N) is 2. The second-order valence-corrected chi connectivity index (χ2v) is 7.90. The zero-order valence-corrected chi connectivity index (χ0v) is 18.1. The van der Waals surface area contributed by atoms with Crippen LogP contribution in [0.3, 0.4) is 0 Å². The Morgan fingerprint density at radius 3 is 2.52 bits per heavy atom. The highest BCUT2D eigenvalue weighted by Crippen LogP contribution is 2.29. The second-order valence-electron chi connectivity index (χ2n) is 7.49. The van der Waals surface area contributed by atoms with E-state index in [0.717, 1.165) is 22.4 Å². The van der Waals surface area contributed by atoms with Crippen LogP contribution >= 0.6 is 11.6 Å². The maximum Gasteiger partial charge on any atom is 0.252 e. The summed E-state index contributed by atoms with van der Waals surface area (Å²) in [7, 11) is 0. The van der Waals surface area contributed by atoms with Crippen LogP contribution in [0.2, 0.25) is 5.02 Å². The van der Waals surface area contributed by atoms with Crippen molar-refractivity contribution in [1.29, 1.82) is 0 Å². The van der Waals surface area contributed by atoms with Crippen LogP contribution in [0.15, 0.2) is 77.8 Å². The number of aryl methyl sites for hydroxylation is 1. The zero-order valence-electron chi connectivity index (χ0n) is 17.3. The third-order valence-electron chi connectivity index (χ3n) is 5.14. The van der Waals surface area contributed by atoms with Crippen molar-refractivity contribution in [2.24, 2.45) is 4.99 Å². The van der Waals surface area contributed by atoms with E-state index >= 15 is 0 Å². The molecule has 0 bridgehead atoms. The average Bonchev–Trinajstić information content (AvgIpc) is 2.87. The van der Waals surface area contributed by atoms with Crippen LogP contribution in [0.25, 0.3) is 0 Å². The minimum absolute atomic E-state index is 0.137. The van der Waals surface area contributed by atoms with E-state index in [1.54, 1.807) is 19.1 Å². The minimum Gasteiger partial charge on any atom is -0.323 e. The fourth-order valence-corrected chi connectivity index (χ4v) is 3.90. The largest absolute Gasteiger partial charge is 0.323 e. The van der Waals surface area contributed by atoms with Crippen LogP contribution in [0.1, 0.15) is 23.6 Å². The number of para-hydroxylation sites is 1. The van der Waals surface area contributed by atoms with Crippen molar-refractivity contribution < 1.29 is 9.59 Å². The van der Waals surface area contributed by atoms with Gasteiger partial charge >= 0.3 is 0 Å². The molecule has 3 aromatic rings. The highest BCUT2D eigenvalue weighted by atomic mass is 35.5. The molecule has 0 radical (unpaired) electrons. The molecule has 156 valence electrons. The number of aliphatic imine (C=N–C) groups is 1. The predicted molar refractivity (Wildman–Crippen MR) is 125 cm³/mol. The van der Waals surface area contributed by atoms with Gasteiger partial charge in [-0.1, -0.05) is 66.2 Å². The summed E-state index contributed by atoms with van der Waals surface area (Å²) in [6.07, 6.45) is 0. The lowest BCUT2D eigenvalue weighted by molar-refractivity contribution is -0.122. The van der Waals surface area contributed by atoms with Gasteiger partial charge in [0.15, 0.2) is 0 Å². The maximum atomic E-state index is 13.2. The summed E-state index contributed by atoms with van der Waals surface area (Å²) >= 11 is 6.25. The summed E-state index contributed by atoms with van der Waals surface area (Å²) in [5.74, 6) is -0.562. The van der Waals surface area contributed by atoms with E-state index in [-0.39, 0.29) is 18.4 Å². The van der Waals surface area contributed by atoms with E-state index in [4.69, 9.17) is 16.6 Å². The van der Waals surface area contributed by atoms with E-state index in [9.17, 15) is 9.59 Å². The summed E-state index contributed by atoms with van der Waals surface area (Å²) in [5, 5.41) is 3.27. The lowest BCUT2D eigenvalue weighted by atomic mass is 10.0. The van der Waals surface area contributed by atoms with Crippen LogP contribution in [-0.4, -0.2) is 30.1 Å². The van der Waals surface area contributed by atoms with Crippen molar-refractivity contribution in [2.45, 2.75) is 19.9 Å². The highest BCUT2D eigenvalue weighted by Gasteiger charge is 2.30. The van der Waals surface area contributed by atoms with Gasteiger partial charge in [0.05, 0.1) is 22.1 Å². The molecule has 5 nitrogen and oxygen atoms in total. The van der Waals surface area contributed by atoms with E-state index in [0.29, 0.717) is 16.4 Å². The number of anilines is 2. The molecule has 0 spiro atoms. The summed E-state index contributed by atoms with van der Waals surface area (Å²) in [6.45, 7) is 3.54. The predicted octanol–water partition coefficient (Wildman–Crippen LogP) is 4.86. The molecule has 3 aromatic carbocycles. The minimum atomic E-state index is -0.627. The molecule has 1 N–H and O–H groups in total. The molecule has 1 atom stereocenters. The molecule has 0 fully saturated rings. The third kappa shape index (κ3) is 4.37. The smallest absolute Gasteiger partial charge is 0.252 e. The van der Waals surface area contributed by atoms with Crippen molar-refractivity contribution >= 4 is 40.5 Å². The number of benzodiazepines with no additional fused rings is 1. The van der Waals surface area contributed by atoms with E-state index in [1.165, 1.54) is 4.90 Å². The number of rotatable bonds is 4. The molecular formula is C25H22ClN3O2. The topological polar surface area (TPSA) is 61.8 Å². The van der Waals surface area contributed by atoms with Crippen molar-refractivity contribution in [3.8, 4) is 0 Å². The van der Waals surface area contributed by atoms with Crippen molar-refractivity contribution in [3.05, 3.63) is 94.5 Å². The molecule has 31 heavy (non-hydrogen) atoms. The van der Waals surface area contributed by atoms with Gasteiger partial charge in [0.25, 0.3) is 5.91 Å². The number of hydrogen-bond acceptors (Lipinski definition) is 3. The number of carbonyl (C=O) groups is 2. The number of carbonyl (C=O) groups excluding carboxylic acids is 2. The van der Waals surface area contributed by atoms with E-state index in [1.807, 2.05) is 67.6 Å². The Morgan fingerprint density at radius 2 is 1.77 bits per heavy atom. The Kier molecular flexibility index (Phi) is 5.87. The van der Waals surface area contributed by atoms with Crippen molar-refractivity contribution in [3.63, 3.8) is 0 Å². The number of hydrogen-bond donors (Lipinski definition) is 1. The van der Waals surface area contributed by atoms with E-state index < -0.39 is 6.04 Å². The third-order valence-corrected chi connectivity index (χ3v) is 5.46. The first kappa shape index (κ1) is 20.8. The first-order valence-corrected chi connectivity index (χ1v) is 10.4. The molecule has 1 heterocycles. The SMILES string of the molecule is Cc1ccc(NC(=O)CN2C(=O)C(C)N=C(c3ccccc3)c3ccccc32)c(Cl)c1. The first-order valence-electron chi connectivity index (χ1n) is 10.0. The summed E-state index contributed by atoms with van der Waals surface area (Å²) in [5.41, 5.74) is 4.65. The fraction of sp³-hybridized carbons (Fsp3) is 0.160. The Labute approximate surface area is 186 Å². The molecule has 6 heteroatoms. The van der Waals surface area contributed by atoms with Gasteiger partial charge in [-0.15, -0.1) is 0 Å². The fourth-order valence-electron chi connectivity index (χ4n) is 3.62. The highest BCUT2D eigenvalue weighted by molar-refractivity contribution is 6.33. The van der Waals surface area contributed by atoms with Crippen LogP contribution < -0.4 is 10.2 Å². The Morgan fingerprint density at radius 1 is 1.06 bits per heavy atom. The normalized spacial score (nSPS) is 15.7. The number of amides is 2. The molecule has 0 saturated carbocycles. The lowest BCUT2D eigenvalue weighted by Crippen LogP contribution is -2.42. The Bertz CT molecular complexity index is 1170. The molecule has 4 rings (SSSR count). The molecule has 2 amide bonds. The molecular weight excluding hydrogens is 410 g/mol. The zero-order chi connectivity index (χ0) is 22.0. The summed E-state index contributed by atoms with van der Waals surface area (Å²) in [6, 6.07) is 22.1. The quantitative estimate of drug-likeness (QED) is 0.641. The van der Waals surface area contributed by atoms with Gasteiger partial charge in [-0.25, -0.2) is 0 Å². The summed E-state index contributed by atoms with van der Waals surface area (Å²) < 4.78 is 0. The van der Waals surface area contributed by atoms with E-state index in [2.05, 4.69) is 5.32 Å². The molecule has 1 unspecified atom stereocenters. The van der Waals surface area contributed by atoms with Crippen LogP contribution in [0.5, 0.6) is 0 Å². The van der Waals surface area contributed by atoms with Gasteiger partial charge in [0.1, 0.15) is 12.6 Å². The molecule has 0 aliphatic carbocycles. The Hall–Kier alpha value is -3.44. The van der Waals surface area contributed by atoms with Crippen LogP contribution in [-0.2, 0) is 9.59 Å². The molecule has 1 aliphatic rings. The maximum absolute atomic E-state index is 13.2. The molecule has 1 aliphatic heterocycles. The van der Waals surface area contributed by atoms with Gasteiger partial charge in [0.2, 0.25) is 5.91 Å². The Balaban J connectivity index is 1.67. The van der Waals surface area contributed by atoms with Gasteiger partial charge in [-0.05, 0) is 37.6 Å². The van der Waals surface area contributed by atoms with Gasteiger partial charge < -0.3 is 10.2 Å². The number of fused-ring (bicyclic) bond motifs is 1. The van der Waals surface area contributed by atoms with Gasteiger partial charge in [-0.2, -0.15) is 0 Å². The number of benzene rings is 3. The second kappa shape index (κ2) is 8.74. The number of nitrogens with one attached hydrogen (secondary N) is 1. The molecule has 0 saturated heterocycles. The van der Waals surface area contributed by atoms with Gasteiger partial charge in [-0.3, -0.25) is 14.6 Å². The van der Waals surface area contributed by atoms with Crippen LogP contribution in [0, 0.1) is 6.92 Å². The van der Waals surface area contributed by atoms with Crippen molar-refractivity contribution in [1.82, 2.24) is 0 Å². The van der Waals surface area contributed by atoms with Gasteiger partial charge in [0, 0.05) is 11.1 Å².